The van der Waals surface area contributed by atoms with Crippen LogP contribution < -0.4 is 42.0 Å². The summed E-state index contributed by atoms with van der Waals surface area (Å²) in [6.07, 6.45) is 0. The van der Waals surface area contributed by atoms with Crippen LogP contribution in [0.25, 0.3) is 0 Å². The Morgan fingerprint density at radius 3 is 0.426 bits per heavy atom. The summed E-state index contributed by atoms with van der Waals surface area (Å²) in [7, 11) is -4.59. The van der Waals surface area contributed by atoms with Gasteiger partial charge >= 0.3 is 0 Å². The third-order valence-corrected chi connectivity index (χ3v) is 30.4. The van der Waals surface area contributed by atoms with Crippen LogP contribution in [-0.2, 0) is 0 Å². The van der Waals surface area contributed by atoms with Crippen LogP contribution in [0.2, 0.25) is 0 Å². The molecule has 0 saturated carbocycles. The quantitative estimate of drug-likeness (QED) is 0.0939. The first-order valence-electron chi connectivity index (χ1n) is 23.0. The standard InChI is InChI=1S/C56H88P4Si/c1-49(2,3)57(50(4,5)6)41-25-33-45(34-26-41)61(46-35-27-42(28-36-46)58(51(7,8)9)52(10,11)12,47-37-29-43(30-38-47)59(53(13,14)15)54(16,17)18)48-39-31-44(32-40-48)60(55(19,20)21)56(22,23)24/h25-40H,1-24H3. The lowest BCUT2D eigenvalue weighted by molar-refractivity contribution is 0.714. The summed E-state index contributed by atoms with van der Waals surface area (Å²) in [6.45, 7) is 58.7. The molecule has 0 aliphatic rings. The first-order chi connectivity index (χ1) is 27.3. The Kier molecular flexibility index (Phi) is 15.4. The third-order valence-electron chi connectivity index (χ3n) is 11.6. The molecule has 0 heterocycles. The van der Waals surface area contributed by atoms with Crippen LogP contribution >= 0.6 is 31.7 Å². The first-order valence-corrected chi connectivity index (χ1v) is 30.3. The largest absolute Gasteiger partial charge is 0.179 e. The zero-order chi connectivity index (χ0) is 46.7. The van der Waals surface area contributed by atoms with Crippen LogP contribution in [-0.4, -0.2) is 49.3 Å². The minimum atomic E-state index is -2.87. The van der Waals surface area contributed by atoms with Gasteiger partial charge in [-0.25, -0.2) is 0 Å². The van der Waals surface area contributed by atoms with E-state index in [0.29, 0.717) is 0 Å². The van der Waals surface area contributed by atoms with Crippen LogP contribution in [0.3, 0.4) is 0 Å². The van der Waals surface area contributed by atoms with Crippen molar-refractivity contribution in [3.8, 4) is 0 Å². The predicted octanol–water partition coefficient (Wildman–Crippen LogP) is 13.9. The molecule has 0 unspecified atom stereocenters. The smallest absolute Gasteiger partial charge is 0.0643 e. The molecule has 61 heavy (non-hydrogen) atoms. The first kappa shape index (κ1) is 52.4. The lowest BCUT2D eigenvalue weighted by atomic mass is 10.2. The summed E-state index contributed by atoms with van der Waals surface area (Å²) in [5.74, 6) is 0. The van der Waals surface area contributed by atoms with E-state index in [1.807, 2.05) is 0 Å². The van der Waals surface area contributed by atoms with Crippen molar-refractivity contribution < 1.29 is 0 Å². The summed E-state index contributed by atoms with van der Waals surface area (Å²) < 4.78 is 0. The molecule has 0 amide bonds. The summed E-state index contributed by atoms with van der Waals surface area (Å²) in [4.78, 5) is 0. The van der Waals surface area contributed by atoms with E-state index in [-0.39, 0.29) is 41.2 Å². The van der Waals surface area contributed by atoms with Gasteiger partial charge in [0.05, 0.1) is 0 Å². The van der Waals surface area contributed by atoms with Crippen molar-refractivity contribution >= 4 is 81.7 Å². The number of hydrogen-bond acceptors (Lipinski definition) is 0. The minimum Gasteiger partial charge on any atom is -0.0643 e. The van der Waals surface area contributed by atoms with E-state index in [9.17, 15) is 0 Å². The zero-order valence-corrected chi connectivity index (χ0v) is 48.1. The Bertz CT molecular complexity index is 1670. The van der Waals surface area contributed by atoms with E-state index in [0.717, 1.165) is 0 Å². The molecule has 0 bridgehead atoms. The zero-order valence-electron chi connectivity index (χ0n) is 43.5. The second kappa shape index (κ2) is 17.9. The monoisotopic (exact) mass is 913 g/mol. The fraction of sp³-hybridized carbons (Fsp3) is 0.571. The maximum absolute atomic E-state index is 2.87. The number of hydrogen-bond donors (Lipinski definition) is 0. The van der Waals surface area contributed by atoms with Crippen molar-refractivity contribution in [1.29, 1.82) is 0 Å². The molecule has 0 N–H and O–H groups in total. The maximum Gasteiger partial charge on any atom is 0.179 e. The van der Waals surface area contributed by atoms with Crippen molar-refractivity contribution in [2.24, 2.45) is 0 Å². The molecule has 4 aromatic carbocycles. The fourth-order valence-corrected chi connectivity index (χ4v) is 32.3. The molecular weight excluding hydrogens is 825 g/mol. The van der Waals surface area contributed by atoms with Crippen LogP contribution in [0.15, 0.2) is 97.1 Å². The maximum atomic E-state index is 2.57. The second-order valence-electron chi connectivity index (χ2n) is 25.6. The normalized spacial score (nSPS) is 14.5. The molecule has 0 aliphatic heterocycles. The van der Waals surface area contributed by atoms with Gasteiger partial charge in [0.25, 0.3) is 0 Å². The lowest BCUT2D eigenvalue weighted by Crippen LogP contribution is -2.75. The van der Waals surface area contributed by atoms with Crippen molar-refractivity contribution in [2.45, 2.75) is 207 Å². The van der Waals surface area contributed by atoms with E-state index in [1.165, 1.54) is 42.0 Å². The SMILES string of the molecule is CC(C)(C)P(c1ccc([Si](c2ccc(P(C(C)(C)C)C(C)(C)C)cc2)(c2ccc(P(C(C)(C)C)C(C)(C)C)cc2)c2ccc(P(C(C)(C)C)C(C)(C)C)cc2)cc1)C(C)(C)C. The molecule has 0 spiro atoms. The van der Waals surface area contributed by atoms with Gasteiger partial charge in [0.15, 0.2) is 8.07 Å². The summed E-state index contributed by atoms with van der Waals surface area (Å²) in [6, 6.07) is 40.8. The van der Waals surface area contributed by atoms with E-state index >= 15 is 0 Å². The predicted molar refractivity (Wildman–Crippen MR) is 294 cm³/mol. The Hall–Kier alpha value is -1.18. The fourth-order valence-electron chi connectivity index (χ4n) is 11.6. The van der Waals surface area contributed by atoms with Crippen LogP contribution in [0.5, 0.6) is 0 Å². The second-order valence-corrected chi connectivity index (χ2v) is 44.9. The van der Waals surface area contributed by atoms with Crippen LogP contribution in [0, 0.1) is 0 Å². The van der Waals surface area contributed by atoms with Gasteiger partial charge in [0.2, 0.25) is 0 Å². The third kappa shape index (κ3) is 11.8. The van der Waals surface area contributed by atoms with Crippen molar-refractivity contribution in [3.63, 3.8) is 0 Å². The van der Waals surface area contributed by atoms with Crippen molar-refractivity contribution in [2.75, 3.05) is 0 Å². The molecule has 0 saturated heterocycles. The highest BCUT2D eigenvalue weighted by Crippen LogP contribution is 2.61. The Morgan fingerprint density at radius 1 is 0.213 bits per heavy atom. The van der Waals surface area contributed by atoms with Crippen molar-refractivity contribution in [3.05, 3.63) is 97.1 Å². The van der Waals surface area contributed by atoms with Crippen LogP contribution in [0.1, 0.15) is 166 Å². The molecular formula is C56H88P4Si. The van der Waals surface area contributed by atoms with Gasteiger partial charge < -0.3 is 0 Å². The summed E-state index contributed by atoms with van der Waals surface area (Å²) in [5, 5.41) is 13.5. The Balaban J connectivity index is 2.19. The molecule has 0 aliphatic carbocycles. The topological polar surface area (TPSA) is 0 Å². The van der Waals surface area contributed by atoms with Gasteiger partial charge in [0, 0.05) is 0 Å². The highest BCUT2D eigenvalue weighted by molar-refractivity contribution is 7.69. The van der Waals surface area contributed by atoms with Gasteiger partial charge in [0.1, 0.15) is 0 Å². The molecule has 0 nitrogen and oxygen atoms in total. The average Bonchev–Trinajstić information content (AvgIpc) is 3.02. The van der Waals surface area contributed by atoms with E-state index < -0.39 is 39.8 Å². The van der Waals surface area contributed by atoms with Crippen LogP contribution in [0.4, 0.5) is 0 Å². The van der Waals surface area contributed by atoms with Gasteiger partial charge in [-0.1, -0.05) is 295 Å². The molecule has 0 radical (unpaired) electrons. The van der Waals surface area contributed by atoms with E-state index in [2.05, 4.69) is 263 Å². The molecule has 0 atom stereocenters. The number of rotatable bonds is 8. The summed E-state index contributed by atoms with van der Waals surface area (Å²) >= 11 is 0. The molecule has 336 valence electrons. The van der Waals surface area contributed by atoms with Gasteiger partial charge in [-0.2, -0.15) is 0 Å². The van der Waals surface area contributed by atoms with E-state index in [1.54, 1.807) is 0 Å². The van der Waals surface area contributed by atoms with Crippen molar-refractivity contribution in [1.82, 2.24) is 0 Å². The van der Waals surface area contributed by atoms with Gasteiger partial charge in [-0.3, -0.25) is 0 Å². The lowest BCUT2D eigenvalue weighted by Gasteiger charge is -2.43. The molecule has 0 aromatic heterocycles. The number of benzene rings is 4. The highest BCUT2D eigenvalue weighted by atomic mass is 31.1. The molecule has 5 heteroatoms. The molecule has 4 rings (SSSR count). The van der Waals surface area contributed by atoms with E-state index in [4.69, 9.17) is 0 Å². The Labute approximate surface area is 384 Å². The molecule has 4 aromatic rings. The average molecular weight is 913 g/mol. The molecule has 0 fully saturated rings. The highest BCUT2D eigenvalue weighted by Gasteiger charge is 2.45. The Morgan fingerprint density at radius 2 is 0.328 bits per heavy atom. The summed E-state index contributed by atoms with van der Waals surface area (Å²) in [5.41, 5.74) is 0. The minimum absolute atomic E-state index is 0.195. The van der Waals surface area contributed by atoms with Gasteiger partial charge in [-0.15, -0.1) is 0 Å². The van der Waals surface area contributed by atoms with Gasteiger partial charge in [-0.05, 0) is 83.2 Å².